The highest BCUT2D eigenvalue weighted by Gasteiger charge is 2.33. The number of benzene rings is 2. The van der Waals surface area contributed by atoms with Crippen LogP contribution in [0.5, 0.6) is 0 Å². The summed E-state index contributed by atoms with van der Waals surface area (Å²) in [5.41, 5.74) is 2.32. The minimum atomic E-state index is -2.99. The molecule has 1 unspecified atom stereocenters. The molecule has 2 aromatic carbocycles. The molecule has 2 fully saturated rings. The van der Waals surface area contributed by atoms with Crippen molar-refractivity contribution in [2.24, 2.45) is 7.05 Å². The second-order valence-corrected chi connectivity index (χ2v) is 14.1. The van der Waals surface area contributed by atoms with Crippen LogP contribution in [0.4, 0.5) is 28.9 Å². The number of rotatable bonds is 11. The fourth-order valence-electron chi connectivity index (χ4n) is 7.84. The van der Waals surface area contributed by atoms with Crippen LogP contribution >= 0.6 is 0 Å². The molecule has 4 aromatic heterocycles. The number of amides is 3. The van der Waals surface area contributed by atoms with Gasteiger partial charge in [-0.3, -0.25) is 33.7 Å². The lowest BCUT2D eigenvalue weighted by Crippen LogP contribution is -2.46. The fraction of sp³-hybridized carbons (Fsp3) is 0.342. The number of imide groups is 1. The van der Waals surface area contributed by atoms with Gasteiger partial charge in [0, 0.05) is 51.5 Å². The Hall–Kier alpha value is -6.37. The Balaban J connectivity index is 0.959. The quantitative estimate of drug-likeness (QED) is 0.143. The van der Waals surface area contributed by atoms with Crippen molar-refractivity contribution < 1.29 is 31.9 Å². The number of hydrogen-bond acceptors (Lipinski definition) is 9. The molecule has 1 atom stereocenters. The molecule has 57 heavy (non-hydrogen) atoms. The Morgan fingerprint density at radius 1 is 1.02 bits per heavy atom. The number of aromatic nitrogens is 7. The maximum Gasteiger partial charge on any atom is 0.329 e. The normalized spacial score (nSPS) is 16.8. The van der Waals surface area contributed by atoms with E-state index in [2.05, 4.69) is 30.7 Å². The van der Waals surface area contributed by atoms with Crippen LogP contribution in [0.1, 0.15) is 59.8 Å². The first-order chi connectivity index (χ1) is 27.5. The van der Waals surface area contributed by atoms with Crippen molar-refractivity contribution in [1.29, 1.82) is 0 Å². The zero-order valence-corrected chi connectivity index (χ0v) is 30.6. The third-order valence-corrected chi connectivity index (χ3v) is 10.6. The summed E-state index contributed by atoms with van der Waals surface area (Å²) < 4.78 is 61.5. The largest absolute Gasteiger partial charge is 0.370 e. The van der Waals surface area contributed by atoms with Gasteiger partial charge in [-0.05, 0) is 55.2 Å². The van der Waals surface area contributed by atoms with E-state index in [0.29, 0.717) is 42.7 Å². The first-order valence-corrected chi connectivity index (χ1v) is 18.3. The number of aryl methyl sites for hydroxylation is 1. The minimum Gasteiger partial charge on any atom is -0.370 e. The molecule has 0 radical (unpaired) electrons. The zero-order valence-electron chi connectivity index (χ0n) is 30.6. The molecule has 0 bridgehead atoms. The lowest BCUT2D eigenvalue weighted by atomic mass is 10.0. The van der Waals surface area contributed by atoms with Gasteiger partial charge in [0.1, 0.15) is 11.6 Å². The van der Waals surface area contributed by atoms with Gasteiger partial charge in [0.25, 0.3) is 18.8 Å². The molecule has 8 rings (SSSR count). The molecule has 6 aromatic rings. The molecule has 2 aliphatic rings. The lowest BCUT2D eigenvalue weighted by Gasteiger charge is -2.39. The van der Waals surface area contributed by atoms with Crippen molar-refractivity contribution in [2.75, 3.05) is 29.9 Å². The molecule has 0 saturated carbocycles. The topological polar surface area (TPSA) is 157 Å². The van der Waals surface area contributed by atoms with E-state index >= 15 is 0 Å². The van der Waals surface area contributed by atoms with E-state index in [1.165, 1.54) is 36.9 Å². The summed E-state index contributed by atoms with van der Waals surface area (Å²) in [6, 6.07) is 12.9. The van der Waals surface area contributed by atoms with Crippen molar-refractivity contribution in [3.05, 3.63) is 101 Å². The van der Waals surface area contributed by atoms with E-state index in [9.17, 15) is 36.7 Å². The van der Waals surface area contributed by atoms with Crippen molar-refractivity contribution >= 4 is 45.8 Å². The second-order valence-electron chi connectivity index (χ2n) is 14.1. The molecule has 6 heterocycles. The first-order valence-electron chi connectivity index (χ1n) is 18.3. The van der Waals surface area contributed by atoms with E-state index in [1.807, 2.05) is 12.1 Å². The summed E-state index contributed by atoms with van der Waals surface area (Å²) in [5, 5.41) is 12.9. The number of para-hydroxylation sites is 1. The van der Waals surface area contributed by atoms with Gasteiger partial charge in [0.05, 0.1) is 47.0 Å². The Labute approximate surface area is 321 Å². The number of carbonyl (C=O) groups is 3. The van der Waals surface area contributed by atoms with Gasteiger partial charge in [-0.2, -0.15) is 10.2 Å². The first kappa shape index (κ1) is 37.5. The molecular weight excluding hydrogens is 750 g/mol. The number of alkyl halides is 4. The smallest absolute Gasteiger partial charge is 0.329 e. The van der Waals surface area contributed by atoms with Gasteiger partial charge in [0.2, 0.25) is 11.8 Å². The second kappa shape index (κ2) is 15.3. The number of nitrogens with one attached hydrogen (secondary N) is 2. The molecule has 0 spiro atoms. The van der Waals surface area contributed by atoms with Crippen molar-refractivity contribution in [3.63, 3.8) is 0 Å². The molecule has 2 N–H and O–H groups in total. The maximum atomic E-state index is 14.0. The number of carbonyl (C=O) groups excluding carboxylic acids is 3. The standard InChI is InChI=1S/C38H37F4N11O4/c1-48-33-27(4-2-5-28(33)53(38(48)57)29-10-11-31(54)46-37(29)56)49-16-12-23(13-17-49)50(21-30(39)40)19-22-6-8-24(9-7-22)52-20-26(32(47-52)34(41)42)45-36(55)25-18-44-51-15-3-14-43-35(25)51/h2-9,14-15,18,20,23,29-30,34H,10-13,16-17,19,21H2,1H3,(H,45,55)(H,46,54,56). The molecule has 19 heteroatoms. The van der Waals surface area contributed by atoms with Crippen LogP contribution in [-0.2, 0) is 23.2 Å². The SMILES string of the molecule is Cn1c(=O)n(C2CCC(=O)NC2=O)c2cccc(N3CCC(N(Cc4ccc(-n5cc(NC(=O)c6cnn7cccnc67)c(C(F)F)n5)cc4)CC(F)F)CC3)c21. The number of nitrogens with zero attached hydrogens (tertiary/aromatic N) is 9. The van der Waals surface area contributed by atoms with Crippen molar-refractivity contribution in [1.82, 2.24) is 43.7 Å². The maximum absolute atomic E-state index is 14.0. The van der Waals surface area contributed by atoms with Gasteiger partial charge < -0.3 is 10.2 Å². The third-order valence-electron chi connectivity index (χ3n) is 10.6. The molecule has 15 nitrogen and oxygen atoms in total. The number of hydrogen-bond donors (Lipinski definition) is 2. The van der Waals surface area contributed by atoms with Gasteiger partial charge in [-0.1, -0.05) is 18.2 Å². The summed E-state index contributed by atoms with van der Waals surface area (Å²) in [6.07, 6.45) is 1.56. The molecule has 2 saturated heterocycles. The van der Waals surface area contributed by atoms with E-state index in [-0.39, 0.29) is 53.9 Å². The zero-order chi connectivity index (χ0) is 40.0. The lowest BCUT2D eigenvalue weighted by molar-refractivity contribution is -0.135. The highest BCUT2D eigenvalue weighted by atomic mass is 19.3. The number of fused-ring (bicyclic) bond motifs is 2. The highest BCUT2D eigenvalue weighted by molar-refractivity contribution is 6.08. The van der Waals surface area contributed by atoms with Crippen LogP contribution in [0.15, 0.2) is 78.1 Å². The predicted molar refractivity (Wildman–Crippen MR) is 200 cm³/mol. The predicted octanol–water partition coefficient (Wildman–Crippen LogP) is 4.47. The Bertz CT molecular complexity index is 2540. The van der Waals surface area contributed by atoms with Crippen LogP contribution in [0.25, 0.3) is 22.4 Å². The van der Waals surface area contributed by atoms with Crippen LogP contribution in [0, 0.1) is 0 Å². The van der Waals surface area contributed by atoms with Gasteiger partial charge in [0.15, 0.2) is 11.3 Å². The van der Waals surface area contributed by atoms with E-state index < -0.39 is 42.9 Å². The number of piperidine rings is 2. The van der Waals surface area contributed by atoms with E-state index in [1.54, 1.807) is 54.5 Å². The fourth-order valence-corrected chi connectivity index (χ4v) is 7.84. The Kier molecular flexibility index (Phi) is 10.1. The molecule has 2 aliphatic heterocycles. The number of anilines is 2. The van der Waals surface area contributed by atoms with E-state index in [4.69, 9.17) is 0 Å². The van der Waals surface area contributed by atoms with Crippen molar-refractivity contribution in [3.8, 4) is 5.69 Å². The average molecular weight is 788 g/mol. The van der Waals surface area contributed by atoms with Crippen LogP contribution in [0.3, 0.4) is 0 Å². The minimum absolute atomic E-state index is 0.0954. The highest BCUT2D eigenvalue weighted by Crippen LogP contribution is 2.33. The summed E-state index contributed by atoms with van der Waals surface area (Å²) >= 11 is 0. The van der Waals surface area contributed by atoms with Gasteiger partial charge in [-0.25, -0.2) is 36.5 Å². The third kappa shape index (κ3) is 7.25. The number of imidazole rings is 1. The summed E-state index contributed by atoms with van der Waals surface area (Å²) in [6.45, 7) is 0.815. The summed E-state index contributed by atoms with van der Waals surface area (Å²) in [7, 11) is 1.64. The Morgan fingerprint density at radius 3 is 2.51 bits per heavy atom. The summed E-state index contributed by atoms with van der Waals surface area (Å²) in [5.74, 6) is -1.57. The van der Waals surface area contributed by atoms with Crippen LogP contribution in [0.2, 0.25) is 0 Å². The van der Waals surface area contributed by atoms with Gasteiger partial charge in [-0.15, -0.1) is 0 Å². The molecular formula is C38H37F4N11O4. The Morgan fingerprint density at radius 2 is 1.79 bits per heavy atom. The molecule has 0 aliphatic carbocycles. The summed E-state index contributed by atoms with van der Waals surface area (Å²) in [4.78, 5) is 58.9. The molecule has 3 amide bonds. The van der Waals surface area contributed by atoms with Crippen LogP contribution < -0.4 is 21.2 Å². The van der Waals surface area contributed by atoms with Gasteiger partial charge >= 0.3 is 5.69 Å². The number of halogens is 4. The van der Waals surface area contributed by atoms with Crippen LogP contribution in [-0.4, -0.2) is 88.2 Å². The molecule has 296 valence electrons. The monoisotopic (exact) mass is 787 g/mol. The average Bonchev–Trinajstić information content (AvgIpc) is 3.89. The van der Waals surface area contributed by atoms with Crippen molar-refractivity contribution in [2.45, 2.75) is 57.2 Å². The van der Waals surface area contributed by atoms with E-state index in [0.717, 1.165) is 11.3 Å².